The Bertz CT molecular complexity index is 322. The predicted octanol–water partition coefficient (Wildman–Crippen LogP) is 1.71. The molecule has 0 saturated heterocycles. The molecule has 0 atom stereocenters. The van der Waals surface area contributed by atoms with Crippen molar-refractivity contribution in [2.75, 3.05) is 6.61 Å². The minimum Gasteiger partial charge on any atom is -0.481 e. The highest BCUT2D eigenvalue weighted by Gasteiger charge is 2.27. The van der Waals surface area contributed by atoms with Crippen LogP contribution < -0.4 is 0 Å². The second kappa shape index (κ2) is 4.89. The molecule has 0 aromatic carbocycles. The third-order valence-electron chi connectivity index (χ3n) is 2.02. The maximum atomic E-state index is 10.8. The number of ether oxygens (including phenoxy) is 1. The summed E-state index contributed by atoms with van der Waals surface area (Å²) in [6.45, 7) is 3.79. The van der Waals surface area contributed by atoms with E-state index in [1.807, 2.05) is 18.2 Å². The summed E-state index contributed by atoms with van der Waals surface area (Å²) in [4.78, 5) is 14.8. The highest BCUT2D eigenvalue weighted by atomic mass is 16.5. The van der Waals surface area contributed by atoms with Gasteiger partial charge in [0.15, 0.2) is 0 Å². The molecule has 0 unspecified atom stereocenters. The van der Waals surface area contributed by atoms with Crippen LogP contribution in [0.5, 0.6) is 0 Å². The first kappa shape index (κ1) is 11.7. The molecule has 1 aromatic heterocycles. The SMILES string of the molecule is CC(C)(COCc1ccccn1)C(=O)O. The van der Waals surface area contributed by atoms with E-state index in [4.69, 9.17) is 9.84 Å². The molecule has 1 heterocycles. The number of carboxylic acids is 1. The van der Waals surface area contributed by atoms with Gasteiger partial charge in [0.25, 0.3) is 0 Å². The van der Waals surface area contributed by atoms with E-state index in [-0.39, 0.29) is 6.61 Å². The van der Waals surface area contributed by atoms with Crippen LogP contribution in [0, 0.1) is 5.41 Å². The first-order valence-electron chi connectivity index (χ1n) is 4.73. The Balaban J connectivity index is 2.37. The Morgan fingerprint density at radius 1 is 1.53 bits per heavy atom. The van der Waals surface area contributed by atoms with E-state index in [2.05, 4.69) is 4.98 Å². The zero-order chi connectivity index (χ0) is 11.3. The van der Waals surface area contributed by atoms with E-state index >= 15 is 0 Å². The smallest absolute Gasteiger partial charge is 0.311 e. The lowest BCUT2D eigenvalue weighted by atomic mass is 9.95. The lowest BCUT2D eigenvalue weighted by Gasteiger charge is -2.18. The molecular formula is C11H15NO3. The van der Waals surface area contributed by atoms with Crippen LogP contribution in [-0.4, -0.2) is 22.7 Å². The molecule has 1 aromatic rings. The van der Waals surface area contributed by atoms with Gasteiger partial charge in [0, 0.05) is 6.20 Å². The van der Waals surface area contributed by atoms with Crippen molar-refractivity contribution in [2.24, 2.45) is 5.41 Å². The Kier molecular flexibility index (Phi) is 3.80. The average Bonchev–Trinajstić information content (AvgIpc) is 2.19. The fraction of sp³-hybridized carbons (Fsp3) is 0.455. The van der Waals surface area contributed by atoms with Crippen molar-refractivity contribution in [1.82, 2.24) is 4.98 Å². The fourth-order valence-electron chi connectivity index (χ4n) is 0.956. The Labute approximate surface area is 88.9 Å². The lowest BCUT2D eigenvalue weighted by molar-refractivity contribution is -0.150. The topological polar surface area (TPSA) is 59.4 Å². The number of carbonyl (C=O) groups is 1. The largest absolute Gasteiger partial charge is 0.481 e. The summed E-state index contributed by atoms with van der Waals surface area (Å²) in [5, 5.41) is 8.84. The second-order valence-corrected chi connectivity index (χ2v) is 4.00. The maximum absolute atomic E-state index is 10.8. The number of hydrogen-bond acceptors (Lipinski definition) is 3. The Morgan fingerprint density at radius 2 is 2.27 bits per heavy atom. The summed E-state index contributed by atoms with van der Waals surface area (Å²) in [6.07, 6.45) is 1.68. The van der Waals surface area contributed by atoms with E-state index in [0.717, 1.165) is 5.69 Å². The molecule has 1 N–H and O–H groups in total. The molecule has 0 radical (unpaired) electrons. The molecule has 15 heavy (non-hydrogen) atoms. The van der Waals surface area contributed by atoms with Gasteiger partial charge in [0.1, 0.15) is 0 Å². The van der Waals surface area contributed by atoms with E-state index in [0.29, 0.717) is 6.61 Å². The van der Waals surface area contributed by atoms with Crippen LogP contribution in [0.1, 0.15) is 19.5 Å². The van der Waals surface area contributed by atoms with Crippen LogP contribution in [0.2, 0.25) is 0 Å². The van der Waals surface area contributed by atoms with Crippen molar-refractivity contribution in [3.8, 4) is 0 Å². The van der Waals surface area contributed by atoms with Gasteiger partial charge in [-0.1, -0.05) is 6.07 Å². The van der Waals surface area contributed by atoms with Gasteiger partial charge in [-0.05, 0) is 26.0 Å². The minimum atomic E-state index is -0.858. The molecule has 0 saturated carbocycles. The van der Waals surface area contributed by atoms with Crippen LogP contribution in [0.25, 0.3) is 0 Å². The van der Waals surface area contributed by atoms with Crippen molar-refractivity contribution in [3.63, 3.8) is 0 Å². The van der Waals surface area contributed by atoms with E-state index in [1.54, 1.807) is 20.0 Å². The zero-order valence-electron chi connectivity index (χ0n) is 8.93. The number of pyridine rings is 1. The van der Waals surface area contributed by atoms with Crippen LogP contribution in [0.3, 0.4) is 0 Å². The fourth-order valence-corrected chi connectivity index (χ4v) is 0.956. The van der Waals surface area contributed by atoms with Gasteiger partial charge in [-0.15, -0.1) is 0 Å². The summed E-state index contributed by atoms with van der Waals surface area (Å²) in [5.41, 5.74) is -0.0481. The van der Waals surface area contributed by atoms with Crippen molar-refractivity contribution >= 4 is 5.97 Å². The van der Waals surface area contributed by atoms with Gasteiger partial charge >= 0.3 is 5.97 Å². The molecule has 0 spiro atoms. The Morgan fingerprint density at radius 3 is 2.80 bits per heavy atom. The lowest BCUT2D eigenvalue weighted by Crippen LogP contribution is -2.29. The first-order valence-corrected chi connectivity index (χ1v) is 4.73. The standard InChI is InChI=1S/C11H15NO3/c1-11(2,10(13)14)8-15-7-9-5-3-4-6-12-9/h3-6H,7-8H2,1-2H3,(H,13,14). The molecular weight excluding hydrogens is 194 g/mol. The minimum absolute atomic E-state index is 0.179. The molecule has 82 valence electrons. The van der Waals surface area contributed by atoms with E-state index < -0.39 is 11.4 Å². The number of hydrogen-bond donors (Lipinski definition) is 1. The van der Waals surface area contributed by atoms with Gasteiger partial charge in [-0.2, -0.15) is 0 Å². The number of rotatable bonds is 5. The van der Waals surface area contributed by atoms with Gasteiger partial charge in [-0.3, -0.25) is 9.78 Å². The Hall–Kier alpha value is -1.42. The number of aromatic nitrogens is 1. The molecule has 1 rings (SSSR count). The highest BCUT2D eigenvalue weighted by molar-refractivity contribution is 5.73. The first-order chi connectivity index (χ1) is 7.02. The van der Waals surface area contributed by atoms with E-state index in [1.165, 1.54) is 0 Å². The van der Waals surface area contributed by atoms with Gasteiger partial charge < -0.3 is 9.84 Å². The predicted molar refractivity (Wildman–Crippen MR) is 55.3 cm³/mol. The van der Waals surface area contributed by atoms with Gasteiger partial charge in [0.2, 0.25) is 0 Å². The third kappa shape index (κ3) is 3.67. The number of carboxylic acid groups (broad SMARTS) is 1. The summed E-state index contributed by atoms with van der Waals surface area (Å²) >= 11 is 0. The summed E-state index contributed by atoms with van der Waals surface area (Å²) in [6, 6.07) is 5.53. The summed E-state index contributed by atoms with van der Waals surface area (Å²) in [5.74, 6) is -0.858. The second-order valence-electron chi connectivity index (χ2n) is 4.00. The molecule has 4 nitrogen and oxygen atoms in total. The molecule has 0 aliphatic rings. The van der Waals surface area contributed by atoms with Gasteiger partial charge in [0.05, 0.1) is 24.3 Å². The molecule has 0 bridgehead atoms. The normalized spacial score (nSPS) is 11.3. The van der Waals surface area contributed by atoms with Crippen molar-refractivity contribution in [3.05, 3.63) is 30.1 Å². The zero-order valence-corrected chi connectivity index (χ0v) is 8.93. The summed E-state index contributed by atoms with van der Waals surface area (Å²) < 4.78 is 5.30. The molecule has 0 aliphatic heterocycles. The van der Waals surface area contributed by atoms with Crippen molar-refractivity contribution < 1.29 is 14.6 Å². The monoisotopic (exact) mass is 209 g/mol. The number of nitrogens with zero attached hydrogens (tertiary/aromatic N) is 1. The molecule has 0 aliphatic carbocycles. The highest BCUT2D eigenvalue weighted by Crippen LogP contribution is 2.15. The van der Waals surface area contributed by atoms with Crippen LogP contribution in [0.15, 0.2) is 24.4 Å². The average molecular weight is 209 g/mol. The molecule has 0 fully saturated rings. The quantitative estimate of drug-likeness (QED) is 0.802. The maximum Gasteiger partial charge on any atom is 0.311 e. The number of aliphatic carboxylic acids is 1. The molecule has 4 heteroatoms. The van der Waals surface area contributed by atoms with Crippen LogP contribution in [0.4, 0.5) is 0 Å². The van der Waals surface area contributed by atoms with Crippen molar-refractivity contribution in [2.45, 2.75) is 20.5 Å². The molecule has 0 amide bonds. The summed E-state index contributed by atoms with van der Waals surface area (Å²) in [7, 11) is 0. The van der Waals surface area contributed by atoms with Crippen LogP contribution in [-0.2, 0) is 16.1 Å². The third-order valence-corrected chi connectivity index (χ3v) is 2.02. The van der Waals surface area contributed by atoms with Crippen LogP contribution >= 0.6 is 0 Å². The van der Waals surface area contributed by atoms with E-state index in [9.17, 15) is 4.79 Å². The van der Waals surface area contributed by atoms with Gasteiger partial charge in [-0.25, -0.2) is 0 Å². The van der Waals surface area contributed by atoms with Crippen molar-refractivity contribution in [1.29, 1.82) is 0 Å².